The van der Waals surface area contributed by atoms with E-state index in [0.29, 0.717) is 19.3 Å². The first-order chi connectivity index (χ1) is 15.1. The van der Waals surface area contributed by atoms with E-state index in [1.54, 1.807) is 6.08 Å². The van der Waals surface area contributed by atoms with Crippen LogP contribution in [0.3, 0.4) is 0 Å². The maximum atomic E-state index is 12.9. The molecule has 6 atom stereocenters. The predicted octanol–water partition coefficient (Wildman–Crippen LogP) is 6.12. The summed E-state index contributed by atoms with van der Waals surface area (Å²) >= 11 is 0. The molecule has 32 heavy (non-hydrogen) atoms. The van der Waals surface area contributed by atoms with Gasteiger partial charge in [0.15, 0.2) is 5.78 Å². The van der Waals surface area contributed by atoms with E-state index in [1.165, 1.54) is 25.3 Å². The van der Waals surface area contributed by atoms with E-state index < -0.39 is 6.10 Å². The minimum Gasteiger partial charge on any atom is -0.459 e. The first-order valence-corrected chi connectivity index (χ1v) is 12.2. The lowest BCUT2D eigenvalue weighted by molar-refractivity contribution is -0.168. The topological polar surface area (TPSA) is 63.6 Å². The van der Waals surface area contributed by atoms with Gasteiger partial charge in [0, 0.05) is 17.9 Å². The summed E-state index contributed by atoms with van der Waals surface area (Å²) in [7, 11) is 0. The molecule has 2 aliphatic rings. The van der Waals surface area contributed by atoms with E-state index in [-0.39, 0.29) is 41.0 Å². The Morgan fingerprint density at radius 1 is 1.25 bits per heavy atom. The lowest BCUT2D eigenvalue weighted by atomic mass is 9.51. The summed E-state index contributed by atoms with van der Waals surface area (Å²) in [6.07, 6.45) is 14.9. The lowest BCUT2D eigenvalue weighted by Crippen LogP contribution is -2.57. The zero-order valence-corrected chi connectivity index (χ0v) is 20.6. The molecule has 0 spiro atoms. The van der Waals surface area contributed by atoms with Crippen LogP contribution in [0.2, 0.25) is 0 Å². The number of carbonyl (C=O) groups excluding carboxylic acids is 2. The maximum absolute atomic E-state index is 12.9. The molecule has 0 aromatic heterocycles. The number of ether oxygens (including phenoxy) is 1. The van der Waals surface area contributed by atoms with Gasteiger partial charge in [-0.25, -0.2) is 4.79 Å². The number of esters is 1. The monoisotopic (exact) mass is 442 g/mol. The van der Waals surface area contributed by atoms with E-state index in [2.05, 4.69) is 39.5 Å². The number of Topliss-reactive ketones (excluding diaryl/α,β-unsaturated/α-hetero) is 1. The van der Waals surface area contributed by atoms with E-state index in [1.807, 2.05) is 19.9 Å². The standard InChI is InChI=1S/C28H42O4/c1-7-8-9-10-11-13-20(4)14-12-15-25(29)32-24-17-16-23-27(31)26(30)22(19(2)3)18-28(23,6)21(24)5/h11-15,21-24,26,30H,2,7-10,16-18H2,1,3-6H3/b13-11+,15-12+,20-14+/t21-,22+,23+,24+,26-,28+/m0/s1. The third kappa shape index (κ3) is 6.31. The molecular weight excluding hydrogens is 400 g/mol. The van der Waals surface area contributed by atoms with Gasteiger partial charge in [-0.1, -0.05) is 75.6 Å². The minimum absolute atomic E-state index is 0.0280. The van der Waals surface area contributed by atoms with Crippen LogP contribution in [0.25, 0.3) is 0 Å². The Balaban J connectivity index is 1.97. The van der Waals surface area contributed by atoms with Crippen LogP contribution in [-0.2, 0) is 14.3 Å². The molecule has 0 saturated heterocycles. The summed E-state index contributed by atoms with van der Waals surface area (Å²) in [5, 5.41) is 10.5. The number of aliphatic hydroxyl groups is 1. The molecule has 4 heteroatoms. The summed E-state index contributed by atoms with van der Waals surface area (Å²) < 4.78 is 5.81. The molecule has 178 valence electrons. The van der Waals surface area contributed by atoms with Crippen molar-refractivity contribution < 1.29 is 19.4 Å². The summed E-state index contributed by atoms with van der Waals surface area (Å²) in [6, 6.07) is 0. The van der Waals surface area contributed by atoms with Crippen LogP contribution in [-0.4, -0.2) is 29.1 Å². The van der Waals surface area contributed by atoms with Crippen molar-refractivity contribution in [2.24, 2.45) is 23.2 Å². The van der Waals surface area contributed by atoms with Crippen molar-refractivity contribution in [3.8, 4) is 0 Å². The van der Waals surface area contributed by atoms with Crippen LogP contribution in [0, 0.1) is 23.2 Å². The molecular formula is C28H42O4. The molecule has 0 aliphatic heterocycles. The molecule has 0 aromatic rings. The molecule has 4 nitrogen and oxygen atoms in total. The second kappa shape index (κ2) is 11.8. The predicted molar refractivity (Wildman–Crippen MR) is 130 cm³/mol. The largest absolute Gasteiger partial charge is 0.459 e. The number of carbonyl (C=O) groups is 2. The molecule has 0 heterocycles. The fourth-order valence-electron chi connectivity index (χ4n) is 5.35. The Bertz CT molecular complexity index is 774. The van der Waals surface area contributed by atoms with E-state index in [0.717, 1.165) is 17.6 Å². The quantitative estimate of drug-likeness (QED) is 0.154. The third-order valence-corrected chi connectivity index (χ3v) is 7.66. The van der Waals surface area contributed by atoms with Gasteiger partial charge in [0.1, 0.15) is 12.2 Å². The van der Waals surface area contributed by atoms with Crippen LogP contribution in [0.5, 0.6) is 0 Å². The van der Waals surface area contributed by atoms with E-state index >= 15 is 0 Å². The van der Waals surface area contributed by atoms with Crippen LogP contribution < -0.4 is 0 Å². The summed E-state index contributed by atoms with van der Waals surface area (Å²) in [5.41, 5.74) is 1.62. The van der Waals surface area contributed by atoms with Gasteiger partial charge in [0.2, 0.25) is 0 Å². The number of allylic oxidation sites excluding steroid dienone is 5. The van der Waals surface area contributed by atoms with Gasteiger partial charge in [0.05, 0.1) is 0 Å². The molecule has 2 rings (SSSR count). The molecule has 0 bridgehead atoms. The van der Waals surface area contributed by atoms with Crippen molar-refractivity contribution in [3.63, 3.8) is 0 Å². The molecule has 0 amide bonds. The zero-order valence-electron chi connectivity index (χ0n) is 20.6. The lowest BCUT2D eigenvalue weighted by Gasteiger charge is -2.54. The number of hydrogen-bond donors (Lipinski definition) is 1. The number of aliphatic hydroxyl groups excluding tert-OH is 1. The minimum atomic E-state index is -0.962. The Hall–Kier alpha value is -1.94. The SMILES string of the molecule is C=C(C)[C@H]1C[C@@]2(C)[C@H](CC[C@@H](OC(=O)/C=C/C=C(C)/C=C/CCCCC)[C@@H]2C)C(=O)[C@H]1O. The highest BCUT2D eigenvalue weighted by Crippen LogP contribution is 2.55. The molecule has 2 saturated carbocycles. The van der Waals surface area contributed by atoms with Crippen LogP contribution in [0.4, 0.5) is 0 Å². The Labute approximate surface area is 194 Å². The van der Waals surface area contributed by atoms with Gasteiger partial charge >= 0.3 is 5.97 Å². The second-order valence-electron chi connectivity index (χ2n) is 10.1. The van der Waals surface area contributed by atoms with Crippen LogP contribution in [0.15, 0.2) is 48.1 Å². The van der Waals surface area contributed by atoms with E-state index in [4.69, 9.17) is 4.74 Å². The highest BCUT2D eigenvalue weighted by Gasteiger charge is 2.56. The Kier molecular flexibility index (Phi) is 9.69. The van der Waals surface area contributed by atoms with Crippen molar-refractivity contribution in [2.45, 2.75) is 91.8 Å². The fraction of sp³-hybridized carbons (Fsp3) is 0.643. The molecule has 0 unspecified atom stereocenters. The van der Waals surface area contributed by atoms with Crippen LogP contribution >= 0.6 is 0 Å². The van der Waals surface area contributed by atoms with Gasteiger partial charge in [-0.15, -0.1) is 0 Å². The van der Waals surface area contributed by atoms with Crippen molar-refractivity contribution in [2.75, 3.05) is 0 Å². The van der Waals surface area contributed by atoms with Gasteiger partial charge < -0.3 is 9.84 Å². The van der Waals surface area contributed by atoms with Crippen molar-refractivity contribution in [1.29, 1.82) is 0 Å². The van der Waals surface area contributed by atoms with Gasteiger partial charge in [-0.2, -0.15) is 0 Å². The van der Waals surface area contributed by atoms with Crippen molar-refractivity contribution in [1.82, 2.24) is 0 Å². The molecule has 1 N–H and O–H groups in total. The smallest absolute Gasteiger partial charge is 0.331 e. The Morgan fingerprint density at radius 3 is 2.62 bits per heavy atom. The fourth-order valence-corrected chi connectivity index (χ4v) is 5.35. The number of rotatable bonds is 9. The second-order valence-corrected chi connectivity index (χ2v) is 10.1. The maximum Gasteiger partial charge on any atom is 0.331 e. The molecule has 2 fully saturated rings. The molecule has 2 aliphatic carbocycles. The normalized spacial score (nSPS) is 33.5. The Morgan fingerprint density at radius 2 is 1.97 bits per heavy atom. The number of hydrogen-bond acceptors (Lipinski definition) is 4. The average Bonchev–Trinajstić information content (AvgIpc) is 2.73. The molecule has 0 radical (unpaired) electrons. The number of fused-ring (bicyclic) bond motifs is 1. The molecule has 0 aromatic carbocycles. The van der Waals surface area contributed by atoms with E-state index in [9.17, 15) is 14.7 Å². The van der Waals surface area contributed by atoms with Gasteiger partial charge in [-0.3, -0.25) is 4.79 Å². The highest BCUT2D eigenvalue weighted by atomic mass is 16.5. The highest BCUT2D eigenvalue weighted by molar-refractivity contribution is 5.88. The average molecular weight is 443 g/mol. The van der Waals surface area contributed by atoms with Crippen molar-refractivity contribution in [3.05, 3.63) is 48.1 Å². The van der Waals surface area contributed by atoms with Gasteiger partial charge in [-0.05, 0) is 57.3 Å². The van der Waals surface area contributed by atoms with Crippen molar-refractivity contribution >= 4 is 11.8 Å². The first-order valence-electron chi connectivity index (χ1n) is 12.2. The first kappa shape index (κ1) is 26.3. The summed E-state index contributed by atoms with van der Waals surface area (Å²) in [5.74, 6) is -0.822. The van der Waals surface area contributed by atoms with Crippen LogP contribution in [0.1, 0.15) is 79.6 Å². The van der Waals surface area contributed by atoms with Gasteiger partial charge in [0.25, 0.3) is 0 Å². The summed E-state index contributed by atoms with van der Waals surface area (Å²) in [6.45, 7) is 14.3. The third-order valence-electron chi connectivity index (χ3n) is 7.66. The summed E-state index contributed by atoms with van der Waals surface area (Å²) in [4.78, 5) is 25.3. The number of unbranched alkanes of at least 4 members (excludes halogenated alkanes) is 3. The zero-order chi connectivity index (χ0) is 23.9. The number of ketones is 1.